The van der Waals surface area contributed by atoms with Crippen LogP contribution in [0.4, 0.5) is 5.69 Å². The molecular weight excluding hydrogens is 322 g/mol. The number of carbonyl (C=O) groups is 1. The minimum Gasteiger partial charge on any atom is -0.392 e. The SMILES string of the molecule is NCCC[C@H](Nc1ccc(CO)c(CCS(=O)(=O)O)c1)C(N)=O. The molecule has 0 heterocycles. The normalized spacial score (nSPS) is 12.8. The van der Waals surface area contributed by atoms with Crippen molar-refractivity contribution in [3.8, 4) is 0 Å². The lowest BCUT2D eigenvalue weighted by Crippen LogP contribution is -2.35. The number of nitrogens with two attached hydrogens (primary N) is 2. The van der Waals surface area contributed by atoms with Crippen molar-refractivity contribution in [2.75, 3.05) is 17.6 Å². The average Bonchev–Trinajstić information content (AvgIpc) is 2.48. The van der Waals surface area contributed by atoms with Gasteiger partial charge in [-0.1, -0.05) is 6.07 Å². The smallest absolute Gasteiger partial charge is 0.265 e. The van der Waals surface area contributed by atoms with Gasteiger partial charge in [0.25, 0.3) is 10.1 Å². The van der Waals surface area contributed by atoms with Gasteiger partial charge in [-0.05, 0) is 49.1 Å². The highest BCUT2D eigenvalue weighted by Crippen LogP contribution is 2.19. The van der Waals surface area contributed by atoms with E-state index in [0.717, 1.165) is 0 Å². The summed E-state index contributed by atoms with van der Waals surface area (Å²) >= 11 is 0. The average molecular weight is 345 g/mol. The predicted molar refractivity (Wildman–Crippen MR) is 87.4 cm³/mol. The van der Waals surface area contributed by atoms with E-state index in [2.05, 4.69) is 5.32 Å². The third-order valence-corrected chi connectivity index (χ3v) is 4.11. The van der Waals surface area contributed by atoms with E-state index in [4.69, 9.17) is 16.0 Å². The number of aliphatic hydroxyl groups is 1. The summed E-state index contributed by atoms with van der Waals surface area (Å²) in [5.41, 5.74) is 12.5. The molecule has 0 unspecified atom stereocenters. The molecule has 1 aromatic carbocycles. The quantitative estimate of drug-likeness (QED) is 0.362. The Hall–Kier alpha value is -1.68. The standard InChI is InChI=1S/C14H23N3O5S/c15-6-1-2-13(14(16)19)17-12-4-3-11(9-18)10(8-12)5-7-23(20,21)22/h3-4,8,13,17-18H,1-2,5-7,9,15H2,(H2,16,19)(H,20,21,22)/t13-/m0/s1. The summed E-state index contributed by atoms with van der Waals surface area (Å²) in [7, 11) is -4.10. The molecule has 9 heteroatoms. The number of carbonyl (C=O) groups excluding carboxylic acids is 1. The third-order valence-electron chi connectivity index (χ3n) is 3.39. The number of nitrogens with one attached hydrogen (secondary N) is 1. The summed E-state index contributed by atoms with van der Waals surface area (Å²) < 4.78 is 30.6. The molecule has 0 saturated carbocycles. The molecule has 0 aliphatic rings. The van der Waals surface area contributed by atoms with Gasteiger partial charge >= 0.3 is 0 Å². The van der Waals surface area contributed by atoms with Crippen molar-refractivity contribution >= 4 is 21.7 Å². The zero-order valence-electron chi connectivity index (χ0n) is 12.7. The maximum absolute atomic E-state index is 11.4. The van der Waals surface area contributed by atoms with Gasteiger partial charge in [-0.25, -0.2) is 0 Å². The van der Waals surface area contributed by atoms with E-state index in [-0.39, 0.29) is 13.0 Å². The van der Waals surface area contributed by atoms with Gasteiger partial charge in [-0.2, -0.15) is 8.42 Å². The summed E-state index contributed by atoms with van der Waals surface area (Å²) in [6.45, 7) is 0.183. The molecule has 0 fully saturated rings. The number of hydrogen-bond donors (Lipinski definition) is 5. The number of anilines is 1. The third kappa shape index (κ3) is 6.95. The molecule has 0 radical (unpaired) electrons. The Morgan fingerprint density at radius 3 is 2.52 bits per heavy atom. The number of primary amides is 1. The topological polar surface area (TPSA) is 156 Å². The lowest BCUT2D eigenvalue weighted by molar-refractivity contribution is -0.118. The van der Waals surface area contributed by atoms with Crippen LogP contribution in [-0.4, -0.2) is 42.3 Å². The van der Waals surface area contributed by atoms with Crippen molar-refractivity contribution in [2.45, 2.75) is 31.9 Å². The number of aryl methyl sites for hydroxylation is 1. The van der Waals surface area contributed by atoms with Crippen LogP contribution in [0.3, 0.4) is 0 Å². The predicted octanol–water partition coefficient (Wildman–Crippen LogP) is -0.386. The Balaban J connectivity index is 2.92. The lowest BCUT2D eigenvalue weighted by Gasteiger charge is -2.18. The van der Waals surface area contributed by atoms with Crippen molar-refractivity contribution in [1.29, 1.82) is 0 Å². The highest BCUT2D eigenvalue weighted by atomic mass is 32.2. The van der Waals surface area contributed by atoms with Crippen molar-refractivity contribution in [1.82, 2.24) is 0 Å². The Morgan fingerprint density at radius 1 is 1.30 bits per heavy atom. The van der Waals surface area contributed by atoms with E-state index < -0.39 is 27.8 Å². The molecule has 7 N–H and O–H groups in total. The second kappa shape index (κ2) is 8.82. The maximum atomic E-state index is 11.4. The second-order valence-corrected chi connectivity index (χ2v) is 6.78. The van der Waals surface area contributed by atoms with Crippen LogP contribution in [-0.2, 0) is 27.9 Å². The Morgan fingerprint density at radius 2 is 2.00 bits per heavy atom. The number of hydrogen-bond acceptors (Lipinski definition) is 6. The summed E-state index contributed by atoms with van der Waals surface area (Å²) in [6, 6.07) is 4.34. The van der Waals surface area contributed by atoms with E-state index in [1.807, 2.05) is 0 Å². The minimum atomic E-state index is -4.10. The van der Waals surface area contributed by atoms with Gasteiger partial charge in [0.05, 0.1) is 12.4 Å². The van der Waals surface area contributed by atoms with E-state index in [1.165, 1.54) is 0 Å². The summed E-state index contributed by atoms with van der Waals surface area (Å²) in [6.07, 6.45) is 1.16. The van der Waals surface area contributed by atoms with Crippen molar-refractivity contribution in [2.24, 2.45) is 11.5 Å². The minimum absolute atomic E-state index is 0.0499. The molecule has 0 aliphatic carbocycles. The van der Waals surface area contributed by atoms with E-state index in [9.17, 15) is 18.3 Å². The highest BCUT2D eigenvalue weighted by Gasteiger charge is 2.15. The fraction of sp³-hybridized carbons (Fsp3) is 0.500. The van der Waals surface area contributed by atoms with Gasteiger partial charge in [0.2, 0.25) is 5.91 Å². The Bertz CT molecular complexity index is 633. The fourth-order valence-corrected chi connectivity index (χ4v) is 2.63. The first-order chi connectivity index (χ1) is 10.8. The number of benzene rings is 1. The van der Waals surface area contributed by atoms with Crippen LogP contribution in [0.1, 0.15) is 24.0 Å². The molecule has 0 spiro atoms. The van der Waals surface area contributed by atoms with Crippen LogP contribution in [0.25, 0.3) is 0 Å². The van der Waals surface area contributed by atoms with Crippen LogP contribution < -0.4 is 16.8 Å². The molecule has 0 aliphatic heterocycles. The van der Waals surface area contributed by atoms with Crippen LogP contribution in [0.5, 0.6) is 0 Å². The second-order valence-electron chi connectivity index (χ2n) is 5.21. The Kier molecular flexibility index (Phi) is 7.43. The van der Waals surface area contributed by atoms with Gasteiger partial charge in [0.15, 0.2) is 0 Å². The molecule has 23 heavy (non-hydrogen) atoms. The van der Waals surface area contributed by atoms with E-state index in [1.54, 1.807) is 18.2 Å². The van der Waals surface area contributed by atoms with E-state index >= 15 is 0 Å². The molecular formula is C14H23N3O5S. The molecule has 1 rings (SSSR count). The van der Waals surface area contributed by atoms with Gasteiger partial charge in [-0.3, -0.25) is 9.35 Å². The number of rotatable bonds is 10. The van der Waals surface area contributed by atoms with Crippen LogP contribution in [0.15, 0.2) is 18.2 Å². The fourth-order valence-electron chi connectivity index (χ4n) is 2.15. The zero-order chi connectivity index (χ0) is 17.5. The first kappa shape index (κ1) is 19.4. The molecule has 0 bridgehead atoms. The molecule has 130 valence electrons. The molecule has 0 saturated heterocycles. The van der Waals surface area contributed by atoms with Crippen LogP contribution in [0.2, 0.25) is 0 Å². The molecule has 1 atom stereocenters. The molecule has 8 nitrogen and oxygen atoms in total. The molecule has 0 aromatic heterocycles. The Labute approximate surface area is 135 Å². The number of aliphatic hydroxyl groups excluding tert-OH is 1. The van der Waals surface area contributed by atoms with Gasteiger partial charge in [-0.15, -0.1) is 0 Å². The monoisotopic (exact) mass is 345 g/mol. The molecule has 1 aromatic rings. The summed E-state index contributed by atoms with van der Waals surface area (Å²) in [5, 5.41) is 12.3. The highest BCUT2D eigenvalue weighted by molar-refractivity contribution is 7.85. The van der Waals surface area contributed by atoms with Crippen molar-refractivity contribution in [3.05, 3.63) is 29.3 Å². The maximum Gasteiger partial charge on any atom is 0.265 e. The first-order valence-electron chi connectivity index (χ1n) is 7.20. The lowest BCUT2D eigenvalue weighted by atomic mass is 10.0. The zero-order valence-corrected chi connectivity index (χ0v) is 13.6. The summed E-state index contributed by atoms with van der Waals surface area (Å²) in [5.74, 6) is -0.959. The first-order valence-corrected chi connectivity index (χ1v) is 8.81. The van der Waals surface area contributed by atoms with Crippen molar-refractivity contribution < 1.29 is 22.9 Å². The van der Waals surface area contributed by atoms with Crippen LogP contribution >= 0.6 is 0 Å². The van der Waals surface area contributed by atoms with Crippen LogP contribution in [0, 0.1) is 0 Å². The van der Waals surface area contributed by atoms with Gasteiger partial charge < -0.3 is 21.9 Å². The number of amides is 1. The van der Waals surface area contributed by atoms with E-state index in [0.29, 0.717) is 36.2 Å². The molecule has 1 amide bonds. The van der Waals surface area contributed by atoms with Crippen molar-refractivity contribution in [3.63, 3.8) is 0 Å². The summed E-state index contributed by atoms with van der Waals surface area (Å²) in [4.78, 5) is 11.4. The van der Waals surface area contributed by atoms with Gasteiger partial charge in [0.1, 0.15) is 6.04 Å². The largest absolute Gasteiger partial charge is 0.392 e. The van der Waals surface area contributed by atoms with Gasteiger partial charge in [0, 0.05) is 5.69 Å².